The summed E-state index contributed by atoms with van der Waals surface area (Å²) >= 11 is 1.32. The lowest BCUT2D eigenvalue weighted by Crippen LogP contribution is -2.45. The van der Waals surface area contributed by atoms with E-state index < -0.39 is 0 Å². The van der Waals surface area contributed by atoms with Crippen molar-refractivity contribution in [1.82, 2.24) is 20.4 Å². The van der Waals surface area contributed by atoms with Crippen LogP contribution in [0.25, 0.3) is 0 Å². The molecule has 3 amide bonds. The van der Waals surface area contributed by atoms with Crippen LogP contribution in [-0.2, 0) is 0 Å². The molecule has 2 aromatic rings. The molecule has 8 nitrogen and oxygen atoms in total. The van der Waals surface area contributed by atoms with Gasteiger partial charge in [-0.1, -0.05) is 25.2 Å². The van der Waals surface area contributed by atoms with Gasteiger partial charge in [-0.05, 0) is 43.0 Å². The maximum atomic E-state index is 12.4. The Hall–Kier alpha value is -2.68. The van der Waals surface area contributed by atoms with Crippen LogP contribution in [0.5, 0.6) is 5.75 Å². The molecule has 0 saturated carbocycles. The molecule has 0 spiro atoms. The van der Waals surface area contributed by atoms with E-state index >= 15 is 0 Å². The summed E-state index contributed by atoms with van der Waals surface area (Å²) in [6.45, 7) is 6.19. The average molecular weight is 418 g/mol. The molecule has 0 bridgehead atoms. The van der Waals surface area contributed by atoms with Gasteiger partial charge in [0.05, 0.1) is 7.11 Å². The number of carbonyl (C=O) groups excluding carboxylic acids is 2. The second-order valence-corrected chi connectivity index (χ2v) is 8.48. The summed E-state index contributed by atoms with van der Waals surface area (Å²) in [6.07, 6.45) is 1.65. The number of methoxy groups -OCH3 is 1. The van der Waals surface area contributed by atoms with Crippen LogP contribution in [0.3, 0.4) is 0 Å². The van der Waals surface area contributed by atoms with Crippen molar-refractivity contribution in [3.63, 3.8) is 0 Å². The number of piperidine rings is 1. The Balaban J connectivity index is 1.52. The summed E-state index contributed by atoms with van der Waals surface area (Å²) in [6, 6.07) is 7.12. The van der Waals surface area contributed by atoms with E-state index in [0.29, 0.717) is 36.2 Å². The van der Waals surface area contributed by atoms with Gasteiger partial charge in [-0.2, -0.15) is 0 Å². The fourth-order valence-electron chi connectivity index (χ4n) is 3.08. The molecule has 9 heteroatoms. The molecule has 0 unspecified atom stereocenters. The van der Waals surface area contributed by atoms with Crippen molar-refractivity contribution >= 4 is 29.0 Å². The number of urea groups is 1. The number of carbonyl (C=O) groups is 2. The Morgan fingerprint density at radius 2 is 1.90 bits per heavy atom. The first-order chi connectivity index (χ1) is 14.0. The minimum absolute atomic E-state index is 0.00558. The maximum Gasteiger partial charge on any atom is 0.317 e. The molecule has 1 aromatic heterocycles. The molecule has 2 N–H and O–H groups in total. The van der Waals surface area contributed by atoms with E-state index in [4.69, 9.17) is 4.74 Å². The predicted molar refractivity (Wildman–Crippen MR) is 113 cm³/mol. The highest BCUT2D eigenvalue weighted by atomic mass is 32.1. The van der Waals surface area contributed by atoms with Crippen LogP contribution in [-0.4, -0.2) is 53.8 Å². The lowest BCUT2D eigenvalue weighted by atomic mass is 9.98. The molecule has 1 aromatic carbocycles. The Kier molecular flexibility index (Phi) is 7.03. The van der Waals surface area contributed by atoms with Crippen molar-refractivity contribution in [2.75, 3.05) is 32.1 Å². The van der Waals surface area contributed by atoms with Gasteiger partial charge in [-0.3, -0.25) is 4.79 Å². The van der Waals surface area contributed by atoms with Gasteiger partial charge in [-0.15, -0.1) is 10.2 Å². The fourth-order valence-corrected chi connectivity index (χ4v) is 3.99. The lowest BCUT2D eigenvalue weighted by Gasteiger charge is -2.31. The lowest BCUT2D eigenvalue weighted by molar-refractivity contribution is 0.102. The Bertz CT molecular complexity index is 829. The van der Waals surface area contributed by atoms with Crippen LogP contribution in [0.4, 0.5) is 10.5 Å². The Labute approximate surface area is 174 Å². The highest BCUT2D eigenvalue weighted by Gasteiger charge is 2.27. The van der Waals surface area contributed by atoms with Gasteiger partial charge in [0.1, 0.15) is 10.8 Å². The minimum Gasteiger partial charge on any atom is -0.497 e. The number of benzene rings is 1. The van der Waals surface area contributed by atoms with Crippen molar-refractivity contribution in [2.24, 2.45) is 5.92 Å². The summed E-state index contributed by atoms with van der Waals surface area (Å²) in [7, 11) is 1.60. The monoisotopic (exact) mass is 417 g/mol. The fraction of sp³-hybridized carbons (Fsp3) is 0.500. The van der Waals surface area contributed by atoms with Crippen LogP contribution in [0.1, 0.15) is 47.4 Å². The van der Waals surface area contributed by atoms with Gasteiger partial charge in [0.25, 0.3) is 5.91 Å². The molecule has 1 fully saturated rings. The van der Waals surface area contributed by atoms with Gasteiger partial charge in [0, 0.05) is 31.2 Å². The summed E-state index contributed by atoms with van der Waals surface area (Å²) in [5.41, 5.74) is 0.674. The molecule has 29 heavy (non-hydrogen) atoms. The van der Waals surface area contributed by atoms with Crippen LogP contribution >= 0.6 is 11.3 Å². The molecule has 0 radical (unpaired) electrons. The van der Waals surface area contributed by atoms with Gasteiger partial charge < -0.3 is 20.3 Å². The number of nitrogens with zero attached hydrogens (tertiary/aromatic N) is 3. The molecule has 1 saturated heterocycles. The molecule has 0 aliphatic carbocycles. The molecule has 2 heterocycles. The van der Waals surface area contributed by atoms with Crippen molar-refractivity contribution in [3.05, 3.63) is 34.3 Å². The summed E-state index contributed by atoms with van der Waals surface area (Å²) in [4.78, 5) is 26.5. The Morgan fingerprint density at radius 1 is 1.21 bits per heavy atom. The SMILES string of the molecule is COc1ccc(NC(=O)c2nnc(C3CCN(C(=O)NCC(C)C)CC3)s2)cc1. The first kappa shape index (κ1) is 21.0. The van der Waals surface area contributed by atoms with Crippen LogP contribution in [0, 0.1) is 5.92 Å². The third kappa shape index (κ3) is 5.66. The highest BCUT2D eigenvalue weighted by Crippen LogP contribution is 2.30. The number of ether oxygens (including phenoxy) is 1. The predicted octanol–water partition coefficient (Wildman–Crippen LogP) is 3.34. The van der Waals surface area contributed by atoms with E-state index in [1.807, 2.05) is 4.90 Å². The summed E-state index contributed by atoms with van der Waals surface area (Å²) in [5.74, 6) is 1.11. The van der Waals surface area contributed by atoms with Crippen molar-refractivity contribution < 1.29 is 14.3 Å². The van der Waals surface area contributed by atoms with E-state index in [0.717, 1.165) is 23.6 Å². The smallest absolute Gasteiger partial charge is 0.317 e. The summed E-state index contributed by atoms with van der Waals surface area (Å²) < 4.78 is 5.11. The number of likely N-dealkylation sites (tertiary alicyclic amines) is 1. The van der Waals surface area contributed by atoms with Crippen molar-refractivity contribution in [3.8, 4) is 5.75 Å². The average Bonchev–Trinajstić information content (AvgIpc) is 3.23. The first-order valence-corrected chi connectivity index (χ1v) is 10.6. The maximum absolute atomic E-state index is 12.4. The van der Waals surface area contributed by atoms with Gasteiger partial charge in [0.2, 0.25) is 5.01 Å². The highest BCUT2D eigenvalue weighted by molar-refractivity contribution is 7.13. The molecular formula is C20H27N5O3S. The van der Waals surface area contributed by atoms with E-state index in [9.17, 15) is 9.59 Å². The van der Waals surface area contributed by atoms with Gasteiger partial charge >= 0.3 is 6.03 Å². The first-order valence-electron chi connectivity index (χ1n) is 9.78. The zero-order chi connectivity index (χ0) is 20.8. The molecule has 156 valence electrons. The molecular weight excluding hydrogens is 390 g/mol. The number of anilines is 1. The normalized spacial score (nSPS) is 14.7. The van der Waals surface area contributed by atoms with Gasteiger partial charge in [-0.25, -0.2) is 4.79 Å². The number of hydrogen-bond acceptors (Lipinski definition) is 6. The largest absolute Gasteiger partial charge is 0.497 e. The molecule has 0 atom stereocenters. The van der Waals surface area contributed by atoms with Crippen LogP contribution in [0.2, 0.25) is 0 Å². The van der Waals surface area contributed by atoms with E-state index in [1.165, 1.54) is 11.3 Å². The Morgan fingerprint density at radius 3 is 2.52 bits per heavy atom. The van der Waals surface area contributed by atoms with Crippen molar-refractivity contribution in [2.45, 2.75) is 32.6 Å². The standard InChI is InChI=1S/C20H27N5O3S/c1-13(2)12-21-20(27)25-10-8-14(9-11-25)18-23-24-19(29-18)17(26)22-15-4-6-16(28-3)7-5-15/h4-7,13-14H,8-12H2,1-3H3,(H,21,27)(H,22,26). The van der Waals surface area contributed by atoms with Crippen LogP contribution in [0.15, 0.2) is 24.3 Å². The second kappa shape index (κ2) is 9.69. The number of nitrogens with one attached hydrogen (secondary N) is 2. The number of hydrogen-bond donors (Lipinski definition) is 2. The van der Waals surface area contributed by atoms with E-state index in [1.54, 1.807) is 31.4 Å². The minimum atomic E-state index is -0.274. The van der Waals surface area contributed by atoms with Crippen LogP contribution < -0.4 is 15.4 Å². The van der Waals surface area contributed by atoms with Crippen molar-refractivity contribution in [1.29, 1.82) is 0 Å². The third-order valence-corrected chi connectivity index (χ3v) is 5.86. The van der Waals surface area contributed by atoms with Gasteiger partial charge in [0.15, 0.2) is 0 Å². The zero-order valence-corrected chi connectivity index (χ0v) is 17.8. The number of amides is 3. The quantitative estimate of drug-likeness (QED) is 0.751. The summed E-state index contributed by atoms with van der Waals surface area (Å²) in [5, 5.41) is 15.3. The molecule has 1 aliphatic heterocycles. The van der Waals surface area contributed by atoms with E-state index in [-0.39, 0.29) is 17.9 Å². The third-order valence-electron chi connectivity index (χ3n) is 4.78. The number of rotatable bonds is 6. The molecule has 3 rings (SSSR count). The topological polar surface area (TPSA) is 96.4 Å². The number of aromatic nitrogens is 2. The molecule has 1 aliphatic rings. The van der Waals surface area contributed by atoms with E-state index in [2.05, 4.69) is 34.7 Å². The zero-order valence-electron chi connectivity index (χ0n) is 17.0. The second-order valence-electron chi connectivity index (χ2n) is 7.47.